The minimum absolute atomic E-state index is 0.0890. The first-order valence-corrected chi connectivity index (χ1v) is 6.65. The fraction of sp³-hybridized carbons (Fsp3) is 0.533. The van der Waals surface area contributed by atoms with Crippen molar-refractivity contribution in [3.63, 3.8) is 0 Å². The second kappa shape index (κ2) is 3.82. The van der Waals surface area contributed by atoms with Crippen molar-refractivity contribution in [2.24, 2.45) is 11.7 Å². The van der Waals surface area contributed by atoms with Gasteiger partial charge in [-0.15, -0.1) is 0 Å². The predicted molar refractivity (Wildman–Crippen MR) is 71.5 cm³/mol. The average Bonchev–Trinajstić information content (AvgIpc) is 3.08. The standard InChI is InChI=1S/C15H20N2O/c1-10-3-6-13(11(2)7-10)14(18)17-8-15(16,9-17)12-4-5-12/h3,6-7,12H,4-5,8-9,16H2,1-2H3. The number of nitrogens with two attached hydrogens (primary N) is 1. The molecular formula is C15H20N2O. The van der Waals surface area contributed by atoms with Crippen LogP contribution in [0.4, 0.5) is 0 Å². The van der Waals surface area contributed by atoms with Crippen LogP contribution in [0, 0.1) is 19.8 Å². The molecule has 1 heterocycles. The SMILES string of the molecule is Cc1ccc(C(=O)N2CC(N)(C3CC3)C2)c(C)c1. The Kier molecular flexibility index (Phi) is 2.49. The number of hydrogen-bond acceptors (Lipinski definition) is 2. The van der Waals surface area contributed by atoms with Crippen LogP contribution in [0.5, 0.6) is 0 Å². The molecule has 1 saturated carbocycles. The maximum Gasteiger partial charge on any atom is 0.254 e. The highest BCUT2D eigenvalue weighted by molar-refractivity contribution is 5.96. The minimum Gasteiger partial charge on any atom is -0.335 e. The number of benzene rings is 1. The van der Waals surface area contributed by atoms with Crippen molar-refractivity contribution in [3.8, 4) is 0 Å². The molecule has 0 unspecified atom stereocenters. The second-order valence-electron chi connectivity index (χ2n) is 5.99. The molecule has 0 atom stereocenters. The van der Waals surface area contributed by atoms with Gasteiger partial charge in [0, 0.05) is 18.7 Å². The Morgan fingerprint density at radius 1 is 1.33 bits per heavy atom. The number of hydrogen-bond donors (Lipinski definition) is 1. The lowest BCUT2D eigenvalue weighted by atomic mass is 9.85. The van der Waals surface area contributed by atoms with Crippen molar-refractivity contribution in [2.45, 2.75) is 32.2 Å². The lowest BCUT2D eigenvalue weighted by Crippen LogP contribution is -2.69. The lowest BCUT2D eigenvalue weighted by molar-refractivity contribution is 0.0350. The van der Waals surface area contributed by atoms with E-state index in [0.717, 1.165) is 24.2 Å². The lowest BCUT2D eigenvalue weighted by Gasteiger charge is -2.48. The number of rotatable bonds is 2. The number of nitrogens with zero attached hydrogens (tertiary/aromatic N) is 1. The van der Waals surface area contributed by atoms with Crippen LogP contribution >= 0.6 is 0 Å². The predicted octanol–water partition coefficient (Wildman–Crippen LogP) is 1.87. The first-order chi connectivity index (χ1) is 8.49. The maximum absolute atomic E-state index is 12.4. The summed E-state index contributed by atoms with van der Waals surface area (Å²) in [4.78, 5) is 14.2. The highest BCUT2D eigenvalue weighted by Gasteiger charge is 2.51. The molecule has 1 aromatic carbocycles. The monoisotopic (exact) mass is 244 g/mol. The number of aryl methyl sites for hydroxylation is 2. The quantitative estimate of drug-likeness (QED) is 0.863. The Hall–Kier alpha value is -1.35. The van der Waals surface area contributed by atoms with Gasteiger partial charge in [-0.1, -0.05) is 17.7 Å². The Morgan fingerprint density at radius 2 is 2.00 bits per heavy atom. The second-order valence-corrected chi connectivity index (χ2v) is 5.99. The molecule has 2 N–H and O–H groups in total. The maximum atomic E-state index is 12.4. The van der Waals surface area contributed by atoms with E-state index in [9.17, 15) is 4.79 Å². The fourth-order valence-corrected chi connectivity index (χ4v) is 2.95. The van der Waals surface area contributed by atoms with Gasteiger partial charge < -0.3 is 10.6 Å². The Bertz CT molecular complexity index is 499. The third kappa shape index (κ3) is 1.83. The van der Waals surface area contributed by atoms with Crippen LogP contribution in [0.25, 0.3) is 0 Å². The molecule has 96 valence electrons. The Balaban J connectivity index is 1.72. The molecule has 18 heavy (non-hydrogen) atoms. The van der Waals surface area contributed by atoms with Gasteiger partial charge in [-0.25, -0.2) is 0 Å². The van der Waals surface area contributed by atoms with Gasteiger partial charge in [-0.05, 0) is 44.2 Å². The average molecular weight is 244 g/mol. The zero-order valence-corrected chi connectivity index (χ0v) is 11.1. The molecule has 3 heteroatoms. The zero-order chi connectivity index (χ0) is 12.9. The van der Waals surface area contributed by atoms with E-state index in [2.05, 4.69) is 6.07 Å². The van der Waals surface area contributed by atoms with Gasteiger partial charge in [0.2, 0.25) is 0 Å². The zero-order valence-electron chi connectivity index (χ0n) is 11.1. The van der Waals surface area contributed by atoms with Crippen molar-refractivity contribution < 1.29 is 4.79 Å². The summed E-state index contributed by atoms with van der Waals surface area (Å²) in [5.41, 5.74) is 9.26. The van der Waals surface area contributed by atoms with Crippen molar-refractivity contribution in [1.82, 2.24) is 4.90 Å². The third-order valence-electron chi connectivity index (χ3n) is 4.26. The van der Waals surface area contributed by atoms with Crippen molar-refractivity contribution >= 4 is 5.91 Å². The highest BCUT2D eigenvalue weighted by atomic mass is 16.2. The van der Waals surface area contributed by atoms with Crippen molar-refractivity contribution in [2.75, 3.05) is 13.1 Å². The highest BCUT2D eigenvalue weighted by Crippen LogP contribution is 2.43. The van der Waals surface area contributed by atoms with E-state index in [0.29, 0.717) is 5.92 Å². The molecule has 0 spiro atoms. The van der Waals surface area contributed by atoms with Crippen LogP contribution in [0.15, 0.2) is 18.2 Å². The van der Waals surface area contributed by atoms with Gasteiger partial charge in [0.05, 0.1) is 5.54 Å². The topological polar surface area (TPSA) is 46.3 Å². The molecule has 1 amide bonds. The minimum atomic E-state index is -0.0890. The van der Waals surface area contributed by atoms with E-state index in [-0.39, 0.29) is 11.4 Å². The molecule has 0 radical (unpaired) electrons. The van der Waals surface area contributed by atoms with E-state index in [1.165, 1.54) is 18.4 Å². The Morgan fingerprint density at radius 3 is 2.56 bits per heavy atom. The summed E-state index contributed by atoms with van der Waals surface area (Å²) < 4.78 is 0. The molecule has 1 aromatic rings. The first kappa shape index (κ1) is 11.7. The number of amides is 1. The molecule has 1 aliphatic heterocycles. The van der Waals surface area contributed by atoms with Gasteiger partial charge in [-0.3, -0.25) is 4.79 Å². The van der Waals surface area contributed by atoms with Crippen LogP contribution in [0.2, 0.25) is 0 Å². The molecule has 1 aliphatic carbocycles. The molecule has 1 saturated heterocycles. The van der Waals surface area contributed by atoms with Crippen molar-refractivity contribution in [3.05, 3.63) is 34.9 Å². The molecule has 2 fully saturated rings. The van der Waals surface area contributed by atoms with E-state index in [1.54, 1.807) is 0 Å². The molecule has 0 aromatic heterocycles. The fourth-order valence-electron chi connectivity index (χ4n) is 2.95. The largest absolute Gasteiger partial charge is 0.335 e. The summed E-state index contributed by atoms with van der Waals surface area (Å²) in [6.45, 7) is 5.49. The third-order valence-corrected chi connectivity index (χ3v) is 4.26. The van der Waals surface area contributed by atoms with Gasteiger partial charge in [0.15, 0.2) is 0 Å². The van der Waals surface area contributed by atoms with Crippen LogP contribution in [-0.4, -0.2) is 29.4 Å². The Labute approximate surface area is 108 Å². The summed E-state index contributed by atoms with van der Waals surface area (Å²) in [6.07, 6.45) is 2.48. The van der Waals surface area contributed by atoms with Crippen LogP contribution in [-0.2, 0) is 0 Å². The van der Waals surface area contributed by atoms with Gasteiger partial charge in [0.1, 0.15) is 0 Å². The van der Waals surface area contributed by atoms with Crippen LogP contribution in [0.3, 0.4) is 0 Å². The first-order valence-electron chi connectivity index (χ1n) is 6.65. The van der Waals surface area contributed by atoms with Crippen LogP contribution in [0.1, 0.15) is 34.3 Å². The molecular weight excluding hydrogens is 224 g/mol. The molecule has 0 bridgehead atoms. The molecule has 2 aliphatic rings. The smallest absolute Gasteiger partial charge is 0.254 e. The summed E-state index contributed by atoms with van der Waals surface area (Å²) in [7, 11) is 0. The van der Waals surface area contributed by atoms with E-state index >= 15 is 0 Å². The normalized spacial score (nSPS) is 21.6. The van der Waals surface area contributed by atoms with Crippen LogP contribution < -0.4 is 5.73 Å². The van der Waals surface area contributed by atoms with Gasteiger partial charge in [0.25, 0.3) is 5.91 Å². The summed E-state index contributed by atoms with van der Waals surface area (Å²) in [6, 6.07) is 5.99. The molecule has 3 rings (SSSR count). The van der Waals surface area contributed by atoms with E-state index < -0.39 is 0 Å². The number of carbonyl (C=O) groups is 1. The summed E-state index contributed by atoms with van der Waals surface area (Å²) in [5, 5.41) is 0. The number of likely N-dealkylation sites (tertiary alicyclic amines) is 1. The van der Waals surface area contributed by atoms with Gasteiger partial charge in [-0.2, -0.15) is 0 Å². The number of carbonyl (C=O) groups excluding carboxylic acids is 1. The van der Waals surface area contributed by atoms with Crippen molar-refractivity contribution in [1.29, 1.82) is 0 Å². The summed E-state index contributed by atoms with van der Waals surface area (Å²) in [5.74, 6) is 0.787. The summed E-state index contributed by atoms with van der Waals surface area (Å²) >= 11 is 0. The molecule has 3 nitrogen and oxygen atoms in total. The van der Waals surface area contributed by atoms with E-state index in [1.807, 2.05) is 30.9 Å². The van der Waals surface area contributed by atoms with Gasteiger partial charge >= 0.3 is 0 Å². The van der Waals surface area contributed by atoms with E-state index in [4.69, 9.17) is 5.73 Å².